The molecule has 0 aliphatic rings. The van der Waals surface area contributed by atoms with Crippen molar-refractivity contribution in [2.45, 2.75) is 32.7 Å². The lowest BCUT2D eigenvalue weighted by Crippen LogP contribution is -2.34. The zero-order valence-electron chi connectivity index (χ0n) is 17.1. The summed E-state index contributed by atoms with van der Waals surface area (Å²) in [6, 6.07) is 14.0. The number of fused-ring (bicyclic) bond motifs is 1. The Balaban J connectivity index is 1.52. The van der Waals surface area contributed by atoms with Gasteiger partial charge in [-0.25, -0.2) is 4.98 Å². The number of anilines is 1. The van der Waals surface area contributed by atoms with Crippen LogP contribution in [0.25, 0.3) is 10.9 Å². The summed E-state index contributed by atoms with van der Waals surface area (Å²) in [6.45, 7) is 7.92. The quantitative estimate of drug-likeness (QED) is 0.597. The van der Waals surface area contributed by atoms with E-state index in [0.29, 0.717) is 0 Å². The van der Waals surface area contributed by atoms with Crippen LogP contribution in [0.3, 0.4) is 0 Å². The van der Waals surface area contributed by atoms with Crippen molar-refractivity contribution in [2.24, 2.45) is 0 Å². The Morgan fingerprint density at radius 3 is 2.34 bits per heavy atom. The first kappa shape index (κ1) is 20.9. The Labute approximate surface area is 175 Å². The molecule has 0 unspecified atom stereocenters. The van der Waals surface area contributed by atoms with E-state index in [-0.39, 0.29) is 24.1 Å². The third-order valence-electron chi connectivity index (χ3n) is 4.64. The summed E-state index contributed by atoms with van der Waals surface area (Å²) in [6.07, 6.45) is 0. The van der Waals surface area contributed by atoms with E-state index in [1.54, 1.807) is 0 Å². The Morgan fingerprint density at radius 2 is 1.62 bits per heavy atom. The molecule has 6 heteroatoms. The van der Waals surface area contributed by atoms with Crippen LogP contribution in [0.1, 0.15) is 22.3 Å². The molecule has 0 bridgehead atoms. The molecular weight excluding hydrogens is 382 g/mol. The number of rotatable bonds is 6. The summed E-state index contributed by atoms with van der Waals surface area (Å²) in [5.74, 6) is -0.228. The van der Waals surface area contributed by atoms with Crippen LogP contribution in [0.5, 0.6) is 0 Å². The average molecular weight is 408 g/mol. The number of aromatic nitrogens is 1. The van der Waals surface area contributed by atoms with E-state index < -0.39 is 0 Å². The molecule has 2 aromatic carbocycles. The Kier molecular flexibility index (Phi) is 6.54. The summed E-state index contributed by atoms with van der Waals surface area (Å²) in [7, 11) is 0. The molecule has 0 saturated carbocycles. The van der Waals surface area contributed by atoms with Crippen LogP contribution in [0.4, 0.5) is 5.69 Å². The van der Waals surface area contributed by atoms with Gasteiger partial charge in [0.25, 0.3) is 0 Å². The molecule has 0 fully saturated rings. The predicted molar refractivity (Wildman–Crippen MR) is 119 cm³/mol. The number of nitrogens with zero attached hydrogens (tertiary/aromatic N) is 1. The van der Waals surface area contributed by atoms with Crippen molar-refractivity contribution in [3.8, 4) is 0 Å². The smallest absolute Gasteiger partial charge is 0.243 e. The number of carbonyl (C=O) groups excluding carboxylic acids is 2. The van der Waals surface area contributed by atoms with Crippen LogP contribution in [-0.2, 0) is 9.59 Å². The highest BCUT2D eigenvalue weighted by molar-refractivity contribution is 7.99. The van der Waals surface area contributed by atoms with Crippen LogP contribution in [0.2, 0.25) is 0 Å². The van der Waals surface area contributed by atoms with Gasteiger partial charge in [0.1, 0.15) is 0 Å². The molecule has 1 aromatic heterocycles. The van der Waals surface area contributed by atoms with Gasteiger partial charge in [0.15, 0.2) is 0 Å². The highest BCUT2D eigenvalue weighted by atomic mass is 32.2. The van der Waals surface area contributed by atoms with Gasteiger partial charge in [-0.3, -0.25) is 9.59 Å². The van der Waals surface area contributed by atoms with Gasteiger partial charge in [-0.15, -0.1) is 0 Å². The minimum Gasteiger partial charge on any atom is -0.346 e. The van der Waals surface area contributed by atoms with Gasteiger partial charge in [-0.2, -0.15) is 0 Å². The summed E-state index contributed by atoms with van der Waals surface area (Å²) >= 11 is 1.36. The SMILES string of the molecule is Cc1cc(C)c(NC(=O)CNC(=O)CSc2cc(C)c3ccccc3n2)c(C)c1. The van der Waals surface area contributed by atoms with Gasteiger partial charge in [0.05, 0.1) is 22.8 Å². The van der Waals surface area contributed by atoms with Crippen molar-refractivity contribution < 1.29 is 9.59 Å². The molecule has 3 rings (SSSR count). The highest BCUT2D eigenvalue weighted by Crippen LogP contribution is 2.23. The van der Waals surface area contributed by atoms with E-state index >= 15 is 0 Å². The summed E-state index contributed by atoms with van der Waals surface area (Å²) < 4.78 is 0. The number of aryl methyl sites for hydroxylation is 4. The van der Waals surface area contributed by atoms with E-state index in [0.717, 1.165) is 43.9 Å². The number of hydrogen-bond donors (Lipinski definition) is 2. The molecule has 0 saturated heterocycles. The second-order valence-electron chi connectivity index (χ2n) is 7.18. The second kappa shape index (κ2) is 9.09. The molecule has 0 aliphatic carbocycles. The van der Waals surface area contributed by atoms with E-state index in [1.165, 1.54) is 11.8 Å². The Bertz CT molecular complexity index is 1060. The molecule has 0 spiro atoms. The second-order valence-corrected chi connectivity index (χ2v) is 8.18. The maximum Gasteiger partial charge on any atom is 0.243 e. The number of hydrogen-bond acceptors (Lipinski definition) is 4. The lowest BCUT2D eigenvalue weighted by atomic mass is 10.1. The lowest BCUT2D eigenvalue weighted by molar-refractivity contribution is -0.122. The zero-order valence-corrected chi connectivity index (χ0v) is 17.9. The first-order valence-electron chi connectivity index (χ1n) is 9.47. The summed E-state index contributed by atoms with van der Waals surface area (Å²) in [5, 5.41) is 7.47. The van der Waals surface area contributed by atoms with Crippen molar-refractivity contribution in [1.82, 2.24) is 10.3 Å². The zero-order chi connectivity index (χ0) is 21.0. The molecule has 0 aliphatic heterocycles. The fraction of sp³-hybridized carbons (Fsp3) is 0.261. The van der Waals surface area contributed by atoms with Gasteiger partial charge in [-0.05, 0) is 56.5 Å². The van der Waals surface area contributed by atoms with Crippen LogP contribution in [0.15, 0.2) is 47.5 Å². The topological polar surface area (TPSA) is 71.1 Å². The molecule has 2 N–H and O–H groups in total. The molecule has 2 amide bonds. The van der Waals surface area contributed by atoms with Gasteiger partial charge in [0, 0.05) is 11.1 Å². The Morgan fingerprint density at radius 1 is 0.931 bits per heavy atom. The lowest BCUT2D eigenvalue weighted by Gasteiger charge is -2.13. The molecule has 0 radical (unpaired) electrons. The minimum absolute atomic E-state index is 0.0592. The monoisotopic (exact) mass is 407 g/mol. The normalized spacial score (nSPS) is 10.8. The number of benzene rings is 2. The van der Waals surface area contributed by atoms with Crippen molar-refractivity contribution >= 4 is 40.2 Å². The first-order valence-corrected chi connectivity index (χ1v) is 10.5. The van der Waals surface area contributed by atoms with E-state index in [1.807, 2.05) is 70.2 Å². The molecule has 29 heavy (non-hydrogen) atoms. The molecular formula is C23H25N3O2S. The van der Waals surface area contributed by atoms with E-state index in [4.69, 9.17) is 0 Å². The third kappa shape index (κ3) is 5.35. The highest BCUT2D eigenvalue weighted by Gasteiger charge is 2.11. The van der Waals surface area contributed by atoms with Crippen LogP contribution >= 0.6 is 11.8 Å². The number of nitrogens with one attached hydrogen (secondary N) is 2. The Hall–Kier alpha value is -2.86. The maximum atomic E-state index is 12.2. The van der Waals surface area contributed by atoms with Crippen molar-refractivity contribution in [2.75, 3.05) is 17.6 Å². The minimum atomic E-state index is -0.238. The first-order chi connectivity index (χ1) is 13.8. The van der Waals surface area contributed by atoms with Gasteiger partial charge in [0.2, 0.25) is 11.8 Å². The summed E-state index contributed by atoms with van der Waals surface area (Å²) in [5.41, 5.74) is 6.02. The fourth-order valence-corrected chi connectivity index (χ4v) is 4.13. The van der Waals surface area contributed by atoms with E-state index in [9.17, 15) is 9.59 Å². The maximum absolute atomic E-state index is 12.2. The van der Waals surface area contributed by atoms with Gasteiger partial charge < -0.3 is 10.6 Å². The van der Waals surface area contributed by atoms with Crippen LogP contribution in [-0.4, -0.2) is 29.1 Å². The molecule has 1 heterocycles. The van der Waals surface area contributed by atoms with Gasteiger partial charge >= 0.3 is 0 Å². The van der Waals surface area contributed by atoms with Crippen molar-refractivity contribution in [3.05, 3.63) is 64.7 Å². The van der Waals surface area contributed by atoms with Crippen molar-refractivity contribution in [1.29, 1.82) is 0 Å². The molecule has 5 nitrogen and oxygen atoms in total. The number of para-hydroxylation sites is 1. The van der Waals surface area contributed by atoms with E-state index in [2.05, 4.69) is 15.6 Å². The largest absolute Gasteiger partial charge is 0.346 e. The standard InChI is InChI=1S/C23H25N3O2S/c1-14-9-16(3)23(17(4)10-14)26-20(27)12-24-21(28)13-29-22-11-15(2)18-7-5-6-8-19(18)25-22/h5-11H,12-13H2,1-4H3,(H,24,28)(H,26,27). The summed E-state index contributed by atoms with van der Waals surface area (Å²) in [4.78, 5) is 29.0. The number of thioether (sulfide) groups is 1. The molecule has 0 atom stereocenters. The fourth-order valence-electron chi connectivity index (χ4n) is 3.32. The number of amides is 2. The number of carbonyl (C=O) groups is 2. The van der Waals surface area contributed by atoms with Crippen LogP contribution in [0, 0.1) is 27.7 Å². The molecule has 150 valence electrons. The third-order valence-corrected chi connectivity index (χ3v) is 5.55. The number of pyridine rings is 1. The van der Waals surface area contributed by atoms with Crippen LogP contribution < -0.4 is 10.6 Å². The van der Waals surface area contributed by atoms with Gasteiger partial charge in [-0.1, -0.05) is 47.7 Å². The van der Waals surface area contributed by atoms with Crippen molar-refractivity contribution in [3.63, 3.8) is 0 Å². The molecule has 3 aromatic rings. The predicted octanol–water partition coefficient (Wildman–Crippen LogP) is 4.32. The average Bonchev–Trinajstić information content (AvgIpc) is 2.67.